The molecule has 0 aliphatic heterocycles. The van der Waals surface area contributed by atoms with Crippen molar-refractivity contribution in [1.82, 2.24) is 0 Å². The van der Waals surface area contributed by atoms with Crippen molar-refractivity contribution in [1.29, 1.82) is 0 Å². The van der Waals surface area contributed by atoms with Crippen LogP contribution in [0.15, 0.2) is 48.1 Å². The summed E-state index contributed by atoms with van der Waals surface area (Å²) in [5.74, 6) is 0.0551. The molecule has 2 atom stereocenters. The number of ether oxygens (including phenoxy) is 1. The third-order valence-electron chi connectivity index (χ3n) is 4.03. The van der Waals surface area contributed by atoms with Gasteiger partial charge in [0, 0.05) is 12.7 Å². The number of benzene rings is 1. The first-order valence-corrected chi connectivity index (χ1v) is 8.75. The average molecular weight is 338 g/mol. The van der Waals surface area contributed by atoms with E-state index < -0.39 is 26.4 Å². The molecule has 2 unspecified atom stereocenters. The Hall–Kier alpha value is -1.63. The Labute approximate surface area is 137 Å². The smallest absolute Gasteiger partial charge is 0.275 e. The van der Waals surface area contributed by atoms with Crippen LogP contribution in [-0.4, -0.2) is 30.4 Å². The number of methoxy groups -OCH3 is 1. The maximum Gasteiger partial charge on any atom is 0.275 e. The highest BCUT2D eigenvalue weighted by atomic mass is 32.2. The van der Waals surface area contributed by atoms with Gasteiger partial charge in [0.05, 0.1) is 0 Å². The molecule has 2 rings (SSSR count). The predicted octanol–water partition coefficient (Wildman–Crippen LogP) is 3.03. The van der Waals surface area contributed by atoms with Gasteiger partial charge in [0.1, 0.15) is 16.6 Å². The highest BCUT2D eigenvalue weighted by Crippen LogP contribution is 2.48. The minimum atomic E-state index is -4.25. The molecule has 0 heterocycles. The molecule has 0 radical (unpaired) electrons. The summed E-state index contributed by atoms with van der Waals surface area (Å²) in [5, 5.41) is 9.13. The van der Waals surface area contributed by atoms with Crippen LogP contribution in [-0.2, 0) is 20.5 Å². The van der Waals surface area contributed by atoms with Crippen LogP contribution < -0.4 is 0 Å². The van der Waals surface area contributed by atoms with Gasteiger partial charge in [-0.05, 0) is 23.1 Å². The van der Waals surface area contributed by atoms with Crippen LogP contribution in [0.5, 0.6) is 5.75 Å². The van der Waals surface area contributed by atoms with Crippen molar-refractivity contribution in [3.05, 3.63) is 53.6 Å². The second-order valence-corrected chi connectivity index (χ2v) is 8.20. The first-order chi connectivity index (χ1) is 10.5. The maximum absolute atomic E-state index is 11.5. The highest BCUT2D eigenvalue weighted by Gasteiger charge is 2.44. The molecule has 126 valence electrons. The lowest BCUT2D eigenvalue weighted by molar-refractivity contribution is 0.0424. The van der Waals surface area contributed by atoms with Crippen LogP contribution in [0.25, 0.3) is 0 Å². The van der Waals surface area contributed by atoms with E-state index in [9.17, 15) is 18.1 Å². The van der Waals surface area contributed by atoms with Crippen molar-refractivity contribution in [3.63, 3.8) is 0 Å². The first kappa shape index (κ1) is 17.7. The van der Waals surface area contributed by atoms with Crippen molar-refractivity contribution in [2.75, 3.05) is 7.11 Å². The molecule has 0 saturated heterocycles. The fraction of sp³-hybridized carbons (Fsp3) is 0.412. The summed E-state index contributed by atoms with van der Waals surface area (Å²) in [6.07, 6.45) is 4.45. The van der Waals surface area contributed by atoms with E-state index in [2.05, 4.69) is 0 Å². The second kappa shape index (κ2) is 5.78. The van der Waals surface area contributed by atoms with E-state index in [1.807, 2.05) is 20.8 Å². The van der Waals surface area contributed by atoms with Gasteiger partial charge in [-0.1, -0.05) is 51.1 Å². The monoisotopic (exact) mass is 338 g/mol. The Kier molecular flexibility index (Phi) is 4.45. The third-order valence-corrected chi connectivity index (χ3v) is 5.01. The summed E-state index contributed by atoms with van der Waals surface area (Å²) in [5.41, 5.74) is -0.371. The fourth-order valence-electron chi connectivity index (χ4n) is 2.97. The summed E-state index contributed by atoms with van der Waals surface area (Å²) in [7, 11) is -2.75. The lowest BCUT2D eigenvalue weighted by Crippen LogP contribution is -2.39. The predicted molar refractivity (Wildman–Crippen MR) is 88.8 cm³/mol. The fourth-order valence-corrected chi connectivity index (χ4v) is 3.55. The van der Waals surface area contributed by atoms with Gasteiger partial charge in [0.25, 0.3) is 10.1 Å². The third kappa shape index (κ3) is 3.20. The molecular formula is C17H22O5S. The SMILES string of the molecule is COC1(c2ccccc2O)C=CC(S(=O)(=O)O)C=C1C(C)(C)C. The standard InChI is InChI=1S/C17H22O5S/c1-16(2,3)15-11-12(23(19,20)21)9-10-17(15,22-4)13-7-5-6-8-14(13)18/h5-12,18H,1-4H3,(H,19,20,21). The Bertz CT molecular complexity index is 755. The van der Waals surface area contributed by atoms with Crippen LogP contribution in [0.2, 0.25) is 0 Å². The van der Waals surface area contributed by atoms with Crippen molar-refractivity contribution in [2.45, 2.75) is 31.6 Å². The number of aromatic hydroxyl groups is 1. The van der Waals surface area contributed by atoms with Gasteiger partial charge in [-0.15, -0.1) is 0 Å². The van der Waals surface area contributed by atoms with E-state index in [1.165, 1.54) is 19.3 Å². The summed E-state index contributed by atoms with van der Waals surface area (Å²) in [6, 6.07) is 6.77. The molecule has 5 nitrogen and oxygen atoms in total. The molecule has 23 heavy (non-hydrogen) atoms. The quantitative estimate of drug-likeness (QED) is 0.654. The first-order valence-electron chi connectivity index (χ1n) is 7.24. The molecular weight excluding hydrogens is 316 g/mol. The molecule has 1 aliphatic carbocycles. The molecule has 0 amide bonds. The minimum absolute atomic E-state index is 0.0551. The van der Waals surface area contributed by atoms with E-state index in [0.29, 0.717) is 11.1 Å². The summed E-state index contributed by atoms with van der Waals surface area (Å²) < 4.78 is 38.2. The van der Waals surface area contributed by atoms with Crippen molar-refractivity contribution < 1.29 is 22.8 Å². The lowest BCUT2D eigenvalue weighted by Gasteiger charge is -2.42. The topological polar surface area (TPSA) is 83.8 Å². The zero-order valence-corrected chi connectivity index (χ0v) is 14.5. The summed E-state index contributed by atoms with van der Waals surface area (Å²) >= 11 is 0. The molecule has 0 saturated carbocycles. The molecule has 1 aromatic rings. The van der Waals surface area contributed by atoms with Crippen molar-refractivity contribution in [2.24, 2.45) is 5.41 Å². The molecule has 1 aliphatic rings. The van der Waals surface area contributed by atoms with Gasteiger partial charge >= 0.3 is 0 Å². The number of phenolic OH excluding ortho intramolecular Hbond substituents is 1. The van der Waals surface area contributed by atoms with Gasteiger partial charge in [-0.3, -0.25) is 4.55 Å². The lowest BCUT2D eigenvalue weighted by atomic mass is 9.70. The Balaban J connectivity index is 2.74. The highest BCUT2D eigenvalue weighted by molar-refractivity contribution is 7.86. The molecule has 1 aromatic carbocycles. The van der Waals surface area contributed by atoms with E-state index in [0.717, 1.165) is 0 Å². The normalized spacial score (nSPS) is 25.3. The molecule has 0 bridgehead atoms. The number of rotatable bonds is 3. The molecule has 0 spiro atoms. The number of hydrogen-bond donors (Lipinski definition) is 2. The number of hydrogen-bond acceptors (Lipinski definition) is 4. The molecule has 0 fully saturated rings. The van der Waals surface area contributed by atoms with Gasteiger partial charge < -0.3 is 9.84 Å². The molecule has 0 aromatic heterocycles. The Morgan fingerprint density at radius 3 is 2.30 bits per heavy atom. The second-order valence-electron chi connectivity index (χ2n) is 6.63. The van der Waals surface area contributed by atoms with Gasteiger partial charge in [0.15, 0.2) is 0 Å². The van der Waals surface area contributed by atoms with Crippen molar-refractivity contribution in [3.8, 4) is 5.75 Å². The van der Waals surface area contributed by atoms with Gasteiger partial charge in [-0.25, -0.2) is 0 Å². The summed E-state index contributed by atoms with van der Waals surface area (Å²) in [6.45, 7) is 5.77. The zero-order chi connectivity index (χ0) is 17.5. The molecule has 6 heteroatoms. The zero-order valence-electron chi connectivity index (χ0n) is 13.6. The van der Waals surface area contributed by atoms with E-state index >= 15 is 0 Å². The van der Waals surface area contributed by atoms with Crippen LogP contribution in [0.4, 0.5) is 0 Å². The van der Waals surface area contributed by atoms with Crippen molar-refractivity contribution >= 4 is 10.1 Å². The number of phenols is 1. The average Bonchev–Trinajstić information content (AvgIpc) is 2.45. The summed E-state index contributed by atoms with van der Waals surface area (Å²) in [4.78, 5) is 0. The van der Waals surface area contributed by atoms with Crippen LogP contribution in [0.1, 0.15) is 26.3 Å². The van der Waals surface area contributed by atoms with Crippen LogP contribution >= 0.6 is 0 Å². The van der Waals surface area contributed by atoms with E-state index in [-0.39, 0.29) is 5.75 Å². The van der Waals surface area contributed by atoms with E-state index in [4.69, 9.17) is 4.74 Å². The van der Waals surface area contributed by atoms with E-state index in [1.54, 1.807) is 30.3 Å². The Morgan fingerprint density at radius 2 is 1.83 bits per heavy atom. The van der Waals surface area contributed by atoms with Gasteiger partial charge in [0.2, 0.25) is 0 Å². The minimum Gasteiger partial charge on any atom is -0.508 e. The largest absolute Gasteiger partial charge is 0.508 e. The van der Waals surface area contributed by atoms with Crippen LogP contribution in [0.3, 0.4) is 0 Å². The maximum atomic E-state index is 11.5. The van der Waals surface area contributed by atoms with Crippen LogP contribution in [0, 0.1) is 5.41 Å². The Morgan fingerprint density at radius 1 is 1.22 bits per heavy atom. The molecule has 2 N–H and O–H groups in total. The van der Waals surface area contributed by atoms with Gasteiger partial charge in [-0.2, -0.15) is 8.42 Å². The number of para-hydroxylation sites is 1.